The maximum Gasteiger partial charge on any atom is 0.257 e. The predicted octanol–water partition coefficient (Wildman–Crippen LogP) is 2.71. The molecule has 196 valence electrons. The van der Waals surface area contributed by atoms with E-state index in [1.807, 2.05) is 4.90 Å². The Bertz CT molecular complexity index is 1170. The number of nitrogens with zero attached hydrogens (tertiary/aromatic N) is 2. The van der Waals surface area contributed by atoms with Crippen LogP contribution >= 0.6 is 0 Å². The maximum absolute atomic E-state index is 13.4. The topological polar surface area (TPSA) is 97.4 Å². The zero-order chi connectivity index (χ0) is 25.9. The highest BCUT2D eigenvalue weighted by atomic mass is 19.1. The fraction of sp³-hybridized carbons (Fsp3) is 0.444. The molecule has 3 heterocycles. The van der Waals surface area contributed by atoms with Gasteiger partial charge in [-0.2, -0.15) is 0 Å². The summed E-state index contributed by atoms with van der Waals surface area (Å²) in [5.74, 6) is -0.628. The van der Waals surface area contributed by atoms with E-state index >= 15 is 0 Å². The number of halogens is 1. The molecule has 0 saturated carbocycles. The molecule has 3 aliphatic heterocycles. The quantitative estimate of drug-likeness (QED) is 0.678. The van der Waals surface area contributed by atoms with Crippen molar-refractivity contribution < 1.29 is 33.0 Å². The van der Waals surface area contributed by atoms with Crippen LogP contribution in [0.2, 0.25) is 0 Å². The molecule has 2 aromatic rings. The maximum atomic E-state index is 13.4. The van der Waals surface area contributed by atoms with Gasteiger partial charge >= 0.3 is 0 Å². The number of anilines is 1. The van der Waals surface area contributed by atoms with E-state index in [0.717, 1.165) is 0 Å². The Morgan fingerprint density at radius 2 is 1.84 bits per heavy atom. The molecule has 2 aromatic carbocycles. The summed E-state index contributed by atoms with van der Waals surface area (Å²) in [4.78, 5) is 42.1. The van der Waals surface area contributed by atoms with E-state index in [-0.39, 0.29) is 36.7 Å². The highest BCUT2D eigenvalue weighted by Gasteiger charge is 2.39. The molecule has 5 rings (SSSR count). The number of amides is 3. The van der Waals surface area contributed by atoms with E-state index in [1.165, 1.54) is 24.3 Å². The zero-order valence-electron chi connectivity index (χ0n) is 20.7. The van der Waals surface area contributed by atoms with E-state index in [1.54, 1.807) is 30.1 Å². The number of carbonyl (C=O) groups is 3. The third-order valence-corrected chi connectivity index (χ3v) is 7.14. The number of carbonyl (C=O) groups excluding carboxylic acids is 3. The van der Waals surface area contributed by atoms with Gasteiger partial charge in [-0.15, -0.1) is 0 Å². The Balaban J connectivity index is 1.26. The summed E-state index contributed by atoms with van der Waals surface area (Å²) in [6.07, 6.45) is 1.06. The molecule has 3 amide bonds. The molecule has 0 unspecified atom stereocenters. The van der Waals surface area contributed by atoms with Gasteiger partial charge in [0.15, 0.2) is 0 Å². The van der Waals surface area contributed by atoms with Crippen LogP contribution in [0.1, 0.15) is 40.0 Å². The predicted molar refractivity (Wildman–Crippen MR) is 132 cm³/mol. The number of nitrogens with one attached hydrogen (secondary N) is 1. The van der Waals surface area contributed by atoms with Gasteiger partial charge in [-0.1, -0.05) is 0 Å². The van der Waals surface area contributed by atoms with E-state index in [0.29, 0.717) is 68.1 Å². The molecule has 0 aliphatic carbocycles. The van der Waals surface area contributed by atoms with Crippen LogP contribution in [0.4, 0.5) is 10.1 Å². The Labute approximate surface area is 214 Å². The molecule has 10 heteroatoms. The summed E-state index contributed by atoms with van der Waals surface area (Å²) >= 11 is 0. The molecule has 3 atom stereocenters. The highest BCUT2D eigenvalue weighted by molar-refractivity contribution is 6.05. The number of hydrogen-bond donors (Lipinski definition) is 1. The standard InChI is InChI=1S/C27H30FN3O6/c1-30-22-8-7-20(15-25(32)31-10-12-35-13-11-31)37-24(22)16-36-23-9-6-19(14-21(23)27(30)34)29-26(33)17-2-4-18(28)5-3-17/h2-6,9,14,20,22,24H,7-8,10-13,15-16H2,1H3,(H,29,33)/t20-,22+,24-/m1/s1. The average Bonchev–Trinajstić information content (AvgIpc) is 2.92. The van der Waals surface area contributed by atoms with Crippen LogP contribution in [0, 0.1) is 5.82 Å². The summed E-state index contributed by atoms with van der Waals surface area (Å²) in [5.41, 5.74) is 1.07. The molecular weight excluding hydrogens is 481 g/mol. The molecule has 37 heavy (non-hydrogen) atoms. The zero-order valence-corrected chi connectivity index (χ0v) is 20.7. The van der Waals surface area contributed by atoms with Crippen LogP contribution in [-0.2, 0) is 14.3 Å². The van der Waals surface area contributed by atoms with Crippen molar-refractivity contribution in [3.63, 3.8) is 0 Å². The Morgan fingerprint density at radius 1 is 1.08 bits per heavy atom. The SMILES string of the molecule is CN1C(=O)c2cc(NC(=O)c3ccc(F)cc3)ccc2OC[C@H]2O[C@@H](CC(=O)N3CCOCC3)CC[C@@H]21. The van der Waals surface area contributed by atoms with Crippen molar-refractivity contribution in [2.45, 2.75) is 37.5 Å². The smallest absolute Gasteiger partial charge is 0.257 e. The first kappa shape index (κ1) is 25.2. The van der Waals surface area contributed by atoms with Crippen LogP contribution in [0.3, 0.4) is 0 Å². The molecule has 1 N–H and O–H groups in total. The third-order valence-electron chi connectivity index (χ3n) is 7.14. The van der Waals surface area contributed by atoms with Crippen molar-refractivity contribution >= 4 is 23.4 Å². The molecule has 2 saturated heterocycles. The van der Waals surface area contributed by atoms with Gasteiger partial charge in [-0.3, -0.25) is 14.4 Å². The van der Waals surface area contributed by atoms with Crippen LogP contribution in [0.15, 0.2) is 42.5 Å². The molecule has 0 radical (unpaired) electrons. The van der Waals surface area contributed by atoms with Gasteiger partial charge in [0, 0.05) is 31.4 Å². The third kappa shape index (κ3) is 5.60. The molecule has 0 aromatic heterocycles. The first-order chi connectivity index (χ1) is 17.9. The largest absolute Gasteiger partial charge is 0.490 e. The first-order valence-corrected chi connectivity index (χ1v) is 12.5. The minimum atomic E-state index is -0.427. The molecular formula is C27H30FN3O6. The van der Waals surface area contributed by atoms with Crippen molar-refractivity contribution in [2.24, 2.45) is 0 Å². The molecule has 0 spiro atoms. The van der Waals surface area contributed by atoms with E-state index in [9.17, 15) is 18.8 Å². The lowest BCUT2D eigenvalue weighted by atomic mass is 9.94. The Hall–Kier alpha value is -3.50. The van der Waals surface area contributed by atoms with Gasteiger partial charge < -0.3 is 29.3 Å². The lowest BCUT2D eigenvalue weighted by molar-refractivity contribution is -0.146. The van der Waals surface area contributed by atoms with Crippen molar-refractivity contribution in [1.82, 2.24) is 9.80 Å². The van der Waals surface area contributed by atoms with Crippen LogP contribution < -0.4 is 10.1 Å². The van der Waals surface area contributed by atoms with Crippen LogP contribution in [0.25, 0.3) is 0 Å². The van der Waals surface area contributed by atoms with Crippen molar-refractivity contribution in [2.75, 3.05) is 45.3 Å². The number of ether oxygens (including phenoxy) is 3. The number of rotatable bonds is 4. The number of fused-ring (bicyclic) bond motifs is 2. The molecule has 3 aliphatic rings. The average molecular weight is 512 g/mol. The minimum Gasteiger partial charge on any atom is -0.490 e. The lowest BCUT2D eigenvalue weighted by Gasteiger charge is -2.42. The monoisotopic (exact) mass is 511 g/mol. The number of benzene rings is 2. The summed E-state index contributed by atoms with van der Waals surface area (Å²) < 4.78 is 30.8. The fourth-order valence-corrected chi connectivity index (χ4v) is 5.05. The fourth-order valence-electron chi connectivity index (χ4n) is 5.05. The van der Waals surface area contributed by atoms with E-state index < -0.39 is 11.7 Å². The lowest BCUT2D eigenvalue weighted by Crippen LogP contribution is -2.54. The van der Waals surface area contributed by atoms with Gasteiger partial charge in [0.25, 0.3) is 11.8 Å². The van der Waals surface area contributed by atoms with Gasteiger partial charge in [-0.25, -0.2) is 4.39 Å². The van der Waals surface area contributed by atoms with Crippen LogP contribution in [0.5, 0.6) is 5.75 Å². The summed E-state index contributed by atoms with van der Waals surface area (Å²) in [6, 6.07) is 9.90. The van der Waals surface area contributed by atoms with Crippen molar-refractivity contribution in [1.29, 1.82) is 0 Å². The van der Waals surface area contributed by atoms with Crippen molar-refractivity contribution in [3.8, 4) is 5.75 Å². The summed E-state index contributed by atoms with van der Waals surface area (Å²) in [7, 11) is 1.74. The molecule has 9 nitrogen and oxygen atoms in total. The first-order valence-electron chi connectivity index (χ1n) is 12.5. The number of morpholine rings is 1. The van der Waals surface area contributed by atoms with E-state index in [4.69, 9.17) is 14.2 Å². The van der Waals surface area contributed by atoms with Gasteiger partial charge in [-0.05, 0) is 55.3 Å². The molecule has 0 bridgehead atoms. The van der Waals surface area contributed by atoms with Crippen molar-refractivity contribution in [3.05, 3.63) is 59.4 Å². The second kappa shape index (κ2) is 10.9. The minimum absolute atomic E-state index is 0.0588. The van der Waals surface area contributed by atoms with Crippen LogP contribution in [-0.4, -0.2) is 85.7 Å². The number of likely N-dealkylation sites (N-methyl/N-ethyl adjacent to an activating group) is 1. The molecule has 2 fully saturated rings. The second-order valence-electron chi connectivity index (χ2n) is 9.54. The van der Waals surface area contributed by atoms with Gasteiger partial charge in [0.05, 0.1) is 37.3 Å². The second-order valence-corrected chi connectivity index (χ2v) is 9.54. The summed E-state index contributed by atoms with van der Waals surface area (Å²) in [5, 5.41) is 2.75. The normalized spacial score (nSPS) is 23.7. The van der Waals surface area contributed by atoms with Gasteiger partial charge in [0.1, 0.15) is 24.3 Å². The Kier molecular flexibility index (Phi) is 7.38. The summed E-state index contributed by atoms with van der Waals surface area (Å²) in [6.45, 7) is 2.54. The highest BCUT2D eigenvalue weighted by Crippen LogP contribution is 2.33. The van der Waals surface area contributed by atoms with Gasteiger partial charge in [0.2, 0.25) is 5.91 Å². The Morgan fingerprint density at radius 3 is 2.59 bits per heavy atom. The van der Waals surface area contributed by atoms with E-state index in [2.05, 4.69) is 5.32 Å². The number of hydrogen-bond acceptors (Lipinski definition) is 6.